The van der Waals surface area contributed by atoms with Crippen LogP contribution in [0.2, 0.25) is 0 Å². The van der Waals surface area contributed by atoms with E-state index in [1.54, 1.807) is 0 Å². The van der Waals surface area contributed by atoms with Crippen molar-refractivity contribution < 1.29 is 0 Å². The molecule has 1 N–H and O–H groups in total. The largest absolute Gasteiger partial charge is 0.316 e. The smallest absolute Gasteiger partial charge is 0.0701 e. The van der Waals surface area contributed by atoms with Gasteiger partial charge in [-0.2, -0.15) is 0 Å². The molecule has 1 aromatic rings. The molecule has 1 aliphatic carbocycles. The zero-order valence-corrected chi connectivity index (χ0v) is 13.0. The van der Waals surface area contributed by atoms with Crippen molar-refractivity contribution in [1.29, 1.82) is 0 Å². The van der Waals surface area contributed by atoms with E-state index >= 15 is 0 Å². The average molecular weight is 316 g/mol. The maximum Gasteiger partial charge on any atom is 0.0701 e. The third kappa shape index (κ3) is 3.80. The average Bonchev–Trinajstić information content (AvgIpc) is 2.73. The molecule has 0 unspecified atom stereocenters. The highest BCUT2D eigenvalue weighted by Crippen LogP contribution is 2.40. The lowest BCUT2D eigenvalue weighted by atomic mass is 9.71. The summed E-state index contributed by atoms with van der Waals surface area (Å²) in [6.45, 7) is 4.49. The summed E-state index contributed by atoms with van der Waals surface area (Å²) in [5.74, 6) is 0. The Morgan fingerprint density at radius 1 is 1.29 bits per heavy atom. The number of hydrogen-bond acceptors (Lipinski definition) is 2. The predicted molar refractivity (Wildman–Crippen MR) is 79.8 cm³/mol. The second kappa shape index (κ2) is 6.35. The molecule has 0 atom stereocenters. The Morgan fingerprint density at radius 2 is 2.06 bits per heavy atom. The van der Waals surface area contributed by atoms with Crippen LogP contribution in [-0.4, -0.2) is 13.1 Å². The summed E-state index contributed by atoms with van der Waals surface area (Å²) in [6.07, 6.45) is 8.32. The lowest BCUT2D eigenvalue weighted by Gasteiger charge is -2.37. The summed E-state index contributed by atoms with van der Waals surface area (Å²) in [7, 11) is 0. The number of nitrogens with one attached hydrogen (secondary N) is 1. The van der Waals surface area contributed by atoms with Gasteiger partial charge in [-0.1, -0.05) is 26.2 Å². The van der Waals surface area contributed by atoms with E-state index in [0.717, 1.165) is 6.54 Å². The van der Waals surface area contributed by atoms with E-state index in [0.29, 0.717) is 5.41 Å². The Labute approximate surface area is 117 Å². The first-order chi connectivity index (χ1) is 8.24. The summed E-state index contributed by atoms with van der Waals surface area (Å²) in [5.41, 5.74) is 0.526. The third-order valence-corrected chi connectivity index (χ3v) is 5.47. The highest BCUT2D eigenvalue weighted by molar-refractivity contribution is 9.11. The zero-order valence-electron chi connectivity index (χ0n) is 10.6. The fourth-order valence-electron chi connectivity index (χ4n) is 2.92. The van der Waals surface area contributed by atoms with Gasteiger partial charge in [0.05, 0.1) is 3.79 Å². The summed E-state index contributed by atoms with van der Waals surface area (Å²) in [4.78, 5) is 1.54. The van der Waals surface area contributed by atoms with Crippen LogP contribution < -0.4 is 5.32 Å². The first-order valence-corrected chi connectivity index (χ1v) is 8.30. The van der Waals surface area contributed by atoms with Crippen molar-refractivity contribution in [3.05, 3.63) is 20.8 Å². The van der Waals surface area contributed by atoms with Gasteiger partial charge in [0.15, 0.2) is 0 Å². The molecular weight excluding hydrogens is 294 g/mol. The van der Waals surface area contributed by atoms with Crippen molar-refractivity contribution in [2.75, 3.05) is 13.1 Å². The molecular formula is C14H22BrNS. The zero-order chi connectivity index (χ0) is 12.1. The molecule has 0 spiro atoms. The number of halogens is 1. The van der Waals surface area contributed by atoms with E-state index < -0.39 is 0 Å². The number of thiophene rings is 1. The molecule has 3 heteroatoms. The lowest BCUT2D eigenvalue weighted by molar-refractivity contribution is 0.183. The molecule has 1 saturated carbocycles. The highest BCUT2D eigenvalue weighted by Gasteiger charge is 2.32. The molecule has 17 heavy (non-hydrogen) atoms. The van der Waals surface area contributed by atoms with Crippen molar-refractivity contribution in [3.8, 4) is 0 Å². The fraction of sp³-hybridized carbons (Fsp3) is 0.714. The first kappa shape index (κ1) is 13.6. The van der Waals surface area contributed by atoms with Crippen LogP contribution in [-0.2, 0) is 6.42 Å². The minimum absolute atomic E-state index is 0.526. The van der Waals surface area contributed by atoms with Crippen LogP contribution in [0.25, 0.3) is 0 Å². The number of rotatable bonds is 5. The molecule has 0 amide bonds. The van der Waals surface area contributed by atoms with Gasteiger partial charge in [-0.15, -0.1) is 11.3 Å². The Kier molecular flexibility index (Phi) is 5.07. The van der Waals surface area contributed by atoms with Gasteiger partial charge in [0.2, 0.25) is 0 Å². The van der Waals surface area contributed by atoms with Gasteiger partial charge < -0.3 is 5.32 Å². The molecule has 0 saturated heterocycles. The van der Waals surface area contributed by atoms with E-state index in [1.165, 1.54) is 53.7 Å². The van der Waals surface area contributed by atoms with E-state index in [-0.39, 0.29) is 0 Å². The van der Waals surface area contributed by atoms with Gasteiger partial charge in [-0.3, -0.25) is 0 Å². The second-order valence-electron chi connectivity index (χ2n) is 5.22. The van der Waals surface area contributed by atoms with Gasteiger partial charge in [0.25, 0.3) is 0 Å². The molecule has 1 nitrogen and oxygen atoms in total. The van der Waals surface area contributed by atoms with Crippen molar-refractivity contribution in [1.82, 2.24) is 5.32 Å². The Balaban J connectivity index is 2.03. The standard InChI is InChI=1S/C14H22BrNS/c1-2-16-11-14(8-4-3-5-9-14)10-12-6-7-13(15)17-12/h6-7,16H,2-5,8-11H2,1H3. The molecule has 0 bridgehead atoms. The third-order valence-electron chi connectivity index (χ3n) is 3.84. The molecule has 1 heterocycles. The Morgan fingerprint density at radius 3 is 2.65 bits per heavy atom. The molecule has 1 aromatic heterocycles. The van der Waals surface area contributed by atoms with Crippen LogP contribution in [0, 0.1) is 5.41 Å². The molecule has 96 valence electrons. The molecule has 1 fully saturated rings. The van der Waals surface area contributed by atoms with Crippen molar-refractivity contribution in [2.24, 2.45) is 5.41 Å². The summed E-state index contributed by atoms with van der Waals surface area (Å²) in [6, 6.07) is 4.47. The van der Waals surface area contributed by atoms with Gasteiger partial charge in [0.1, 0.15) is 0 Å². The minimum atomic E-state index is 0.526. The van der Waals surface area contributed by atoms with Crippen LogP contribution >= 0.6 is 27.3 Å². The van der Waals surface area contributed by atoms with E-state index in [2.05, 4.69) is 40.3 Å². The van der Waals surface area contributed by atoms with Crippen molar-refractivity contribution in [2.45, 2.75) is 45.4 Å². The van der Waals surface area contributed by atoms with Crippen LogP contribution in [0.4, 0.5) is 0 Å². The Bertz CT molecular complexity index is 342. The predicted octanol–water partition coefficient (Wildman–Crippen LogP) is 4.61. The summed E-state index contributed by atoms with van der Waals surface area (Å²) >= 11 is 5.47. The number of hydrogen-bond donors (Lipinski definition) is 1. The maximum absolute atomic E-state index is 3.58. The summed E-state index contributed by atoms with van der Waals surface area (Å²) in [5, 5.41) is 3.58. The van der Waals surface area contributed by atoms with Crippen LogP contribution in [0.1, 0.15) is 43.9 Å². The van der Waals surface area contributed by atoms with Crippen molar-refractivity contribution >= 4 is 27.3 Å². The quantitative estimate of drug-likeness (QED) is 0.836. The van der Waals surface area contributed by atoms with Crippen LogP contribution in [0.5, 0.6) is 0 Å². The van der Waals surface area contributed by atoms with Gasteiger partial charge in [-0.05, 0) is 59.3 Å². The fourth-order valence-corrected chi connectivity index (χ4v) is 4.58. The second-order valence-corrected chi connectivity index (χ2v) is 7.77. The molecule has 0 radical (unpaired) electrons. The van der Waals surface area contributed by atoms with Crippen LogP contribution in [0.3, 0.4) is 0 Å². The molecule has 0 aliphatic heterocycles. The van der Waals surface area contributed by atoms with Gasteiger partial charge in [0, 0.05) is 11.4 Å². The van der Waals surface area contributed by atoms with Gasteiger partial charge >= 0.3 is 0 Å². The monoisotopic (exact) mass is 315 g/mol. The van der Waals surface area contributed by atoms with Gasteiger partial charge in [-0.25, -0.2) is 0 Å². The topological polar surface area (TPSA) is 12.0 Å². The maximum atomic E-state index is 3.58. The first-order valence-electron chi connectivity index (χ1n) is 6.69. The van der Waals surface area contributed by atoms with E-state index in [1.807, 2.05) is 11.3 Å². The molecule has 1 aliphatic rings. The SMILES string of the molecule is CCNCC1(Cc2ccc(Br)s2)CCCCC1. The van der Waals surface area contributed by atoms with Crippen LogP contribution in [0.15, 0.2) is 15.9 Å². The molecule has 0 aromatic carbocycles. The minimum Gasteiger partial charge on any atom is -0.316 e. The summed E-state index contributed by atoms with van der Waals surface area (Å²) < 4.78 is 1.27. The highest BCUT2D eigenvalue weighted by atomic mass is 79.9. The molecule has 2 rings (SSSR count). The van der Waals surface area contributed by atoms with E-state index in [4.69, 9.17) is 0 Å². The normalized spacial score (nSPS) is 19.4. The lowest BCUT2D eigenvalue weighted by Crippen LogP contribution is -2.37. The van der Waals surface area contributed by atoms with Crippen molar-refractivity contribution in [3.63, 3.8) is 0 Å². The Hall–Kier alpha value is 0.140. The van der Waals surface area contributed by atoms with E-state index in [9.17, 15) is 0 Å².